The SMILES string of the molecule is CC(=O)[C@@]1(C)CSC(c2nccc(OCCC(=O)O)c2O)=N1. The van der Waals surface area contributed by atoms with E-state index in [1.807, 2.05) is 0 Å². The lowest BCUT2D eigenvalue weighted by Crippen LogP contribution is -2.31. The molecule has 0 fully saturated rings. The number of carbonyl (C=O) groups is 2. The van der Waals surface area contributed by atoms with Crippen LogP contribution in [-0.2, 0) is 9.59 Å². The summed E-state index contributed by atoms with van der Waals surface area (Å²) in [6.45, 7) is 3.16. The van der Waals surface area contributed by atoms with Gasteiger partial charge in [0.1, 0.15) is 16.3 Å². The quantitative estimate of drug-likeness (QED) is 0.815. The van der Waals surface area contributed by atoms with E-state index in [0.29, 0.717) is 10.8 Å². The Morgan fingerprint density at radius 3 is 2.82 bits per heavy atom. The Morgan fingerprint density at radius 1 is 1.50 bits per heavy atom. The van der Waals surface area contributed by atoms with E-state index in [1.165, 1.54) is 30.9 Å². The van der Waals surface area contributed by atoms with E-state index in [9.17, 15) is 14.7 Å². The van der Waals surface area contributed by atoms with E-state index in [2.05, 4.69) is 9.98 Å². The van der Waals surface area contributed by atoms with Gasteiger partial charge in [-0.2, -0.15) is 0 Å². The number of carboxylic acid groups (broad SMARTS) is 1. The molecular weight excluding hydrogens is 308 g/mol. The fraction of sp³-hybridized carbons (Fsp3) is 0.429. The van der Waals surface area contributed by atoms with Crippen molar-refractivity contribution in [2.75, 3.05) is 12.4 Å². The molecule has 0 saturated carbocycles. The number of ether oxygens (including phenoxy) is 1. The Balaban J connectivity index is 2.23. The molecule has 2 heterocycles. The van der Waals surface area contributed by atoms with Gasteiger partial charge in [0.25, 0.3) is 0 Å². The van der Waals surface area contributed by atoms with Crippen LogP contribution in [0, 0.1) is 0 Å². The van der Waals surface area contributed by atoms with Gasteiger partial charge in [-0.1, -0.05) is 0 Å². The van der Waals surface area contributed by atoms with Crippen LogP contribution in [0.25, 0.3) is 0 Å². The number of aliphatic imine (C=N–C) groups is 1. The van der Waals surface area contributed by atoms with Crippen molar-refractivity contribution in [3.05, 3.63) is 18.0 Å². The molecule has 2 N–H and O–H groups in total. The Bertz CT molecular complexity index is 646. The summed E-state index contributed by atoms with van der Waals surface area (Å²) >= 11 is 1.34. The van der Waals surface area contributed by atoms with Crippen molar-refractivity contribution in [3.63, 3.8) is 0 Å². The summed E-state index contributed by atoms with van der Waals surface area (Å²) < 4.78 is 5.25. The number of ketones is 1. The second-order valence-corrected chi connectivity index (χ2v) is 6.00. The molecule has 1 aliphatic rings. The van der Waals surface area contributed by atoms with Crippen LogP contribution in [0.15, 0.2) is 17.3 Å². The summed E-state index contributed by atoms with van der Waals surface area (Å²) in [7, 11) is 0. The number of pyridine rings is 1. The largest absolute Gasteiger partial charge is 0.503 e. The number of carbonyl (C=O) groups excluding carboxylic acids is 1. The summed E-state index contributed by atoms with van der Waals surface area (Å²) in [5.74, 6) is -0.605. The fourth-order valence-corrected chi connectivity index (χ4v) is 2.99. The summed E-state index contributed by atoms with van der Waals surface area (Å²) in [5, 5.41) is 19.3. The van der Waals surface area contributed by atoms with Crippen molar-refractivity contribution in [3.8, 4) is 11.5 Å². The van der Waals surface area contributed by atoms with Gasteiger partial charge < -0.3 is 14.9 Å². The molecule has 0 spiro atoms. The standard InChI is InChI=1S/C14H16N2O5S/c1-8(17)14(2)7-22-13(16-14)11-12(20)9(3-5-15-11)21-6-4-10(18)19/h3,5,20H,4,6-7H2,1-2H3,(H,18,19)/t14-/m1/s1. The van der Waals surface area contributed by atoms with E-state index in [1.54, 1.807) is 6.92 Å². The predicted octanol–water partition coefficient (Wildman–Crippen LogP) is 1.48. The Morgan fingerprint density at radius 2 is 2.23 bits per heavy atom. The van der Waals surface area contributed by atoms with Crippen molar-refractivity contribution in [2.45, 2.75) is 25.8 Å². The van der Waals surface area contributed by atoms with E-state index in [4.69, 9.17) is 9.84 Å². The lowest BCUT2D eigenvalue weighted by molar-refractivity contribution is -0.137. The van der Waals surface area contributed by atoms with Crippen LogP contribution >= 0.6 is 11.8 Å². The second-order valence-electron chi connectivity index (χ2n) is 5.03. The molecule has 0 aliphatic carbocycles. The first-order valence-corrected chi connectivity index (χ1v) is 7.58. The number of hydrogen-bond acceptors (Lipinski definition) is 7. The molecular formula is C14H16N2O5S. The molecule has 2 rings (SSSR count). The maximum absolute atomic E-state index is 11.6. The predicted molar refractivity (Wildman–Crippen MR) is 81.7 cm³/mol. The first kappa shape index (κ1) is 16.3. The number of hydrogen-bond donors (Lipinski definition) is 2. The molecule has 0 saturated heterocycles. The lowest BCUT2D eigenvalue weighted by Gasteiger charge is -2.14. The molecule has 8 heteroatoms. The normalized spacial score (nSPS) is 20.5. The van der Waals surface area contributed by atoms with Crippen LogP contribution < -0.4 is 4.74 Å². The minimum Gasteiger partial charge on any atom is -0.503 e. The summed E-state index contributed by atoms with van der Waals surface area (Å²) in [4.78, 5) is 30.5. The summed E-state index contributed by atoms with van der Waals surface area (Å²) in [6, 6.07) is 1.45. The van der Waals surface area contributed by atoms with Crippen LogP contribution in [-0.4, -0.2) is 49.9 Å². The molecule has 118 valence electrons. The van der Waals surface area contributed by atoms with Crippen LogP contribution in [0.4, 0.5) is 0 Å². The first-order chi connectivity index (χ1) is 10.3. The highest BCUT2D eigenvalue weighted by Crippen LogP contribution is 2.36. The molecule has 1 aliphatic heterocycles. The van der Waals surface area contributed by atoms with Gasteiger partial charge in [0.05, 0.1) is 13.0 Å². The smallest absolute Gasteiger partial charge is 0.306 e. The van der Waals surface area contributed by atoms with Gasteiger partial charge in [-0.3, -0.25) is 14.6 Å². The van der Waals surface area contributed by atoms with Crippen molar-refractivity contribution in [1.82, 2.24) is 4.98 Å². The fourth-order valence-electron chi connectivity index (χ4n) is 1.76. The molecule has 1 atom stereocenters. The third-order valence-corrected chi connectivity index (χ3v) is 4.52. The number of rotatable bonds is 6. The molecule has 1 aromatic heterocycles. The summed E-state index contributed by atoms with van der Waals surface area (Å²) in [6.07, 6.45) is 1.27. The lowest BCUT2D eigenvalue weighted by atomic mass is 10.0. The van der Waals surface area contributed by atoms with Crippen LogP contribution in [0.5, 0.6) is 11.5 Å². The molecule has 7 nitrogen and oxygen atoms in total. The van der Waals surface area contributed by atoms with Crippen LogP contribution in [0.3, 0.4) is 0 Å². The van der Waals surface area contributed by atoms with E-state index >= 15 is 0 Å². The maximum Gasteiger partial charge on any atom is 0.306 e. The first-order valence-electron chi connectivity index (χ1n) is 6.60. The van der Waals surface area contributed by atoms with Gasteiger partial charge in [0, 0.05) is 18.0 Å². The highest BCUT2D eigenvalue weighted by Gasteiger charge is 2.37. The van der Waals surface area contributed by atoms with E-state index < -0.39 is 11.5 Å². The highest BCUT2D eigenvalue weighted by molar-refractivity contribution is 8.14. The van der Waals surface area contributed by atoms with Gasteiger partial charge in [0.2, 0.25) is 0 Å². The molecule has 0 radical (unpaired) electrons. The average molecular weight is 324 g/mol. The topological polar surface area (TPSA) is 109 Å². The maximum atomic E-state index is 11.6. The number of aliphatic carboxylic acids is 1. The average Bonchev–Trinajstić information content (AvgIpc) is 2.84. The van der Waals surface area contributed by atoms with Crippen molar-refractivity contribution in [2.24, 2.45) is 4.99 Å². The van der Waals surface area contributed by atoms with Crippen molar-refractivity contribution >= 4 is 28.6 Å². The van der Waals surface area contributed by atoms with Gasteiger partial charge in [-0.25, -0.2) is 4.98 Å². The highest BCUT2D eigenvalue weighted by atomic mass is 32.2. The van der Waals surface area contributed by atoms with Gasteiger partial charge in [-0.15, -0.1) is 11.8 Å². The zero-order valence-corrected chi connectivity index (χ0v) is 13.0. The molecule has 1 aromatic rings. The second kappa shape index (κ2) is 6.35. The summed E-state index contributed by atoms with van der Waals surface area (Å²) in [5.41, 5.74) is -0.573. The van der Waals surface area contributed by atoms with Crippen molar-refractivity contribution in [1.29, 1.82) is 0 Å². The zero-order valence-electron chi connectivity index (χ0n) is 12.2. The third-order valence-electron chi connectivity index (χ3n) is 3.26. The third kappa shape index (κ3) is 3.38. The molecule has 0 bridgehead atoms. The molecule has 22 heavy (non-hydrogen) atoms. The number of aromatic nitrogens is 1. The number of carboxylic acids is 1. The van der Waals surface area contributed by atoms with Gasteiger partial charge >= 0.3 is 5.97 Å². The molecule has 0 amide bonds. The Kier molecular flexibility index (Phi) is 4.70. The number of thioether (sulfide) groups is 1. The Hall–Kier alpha value is -2.09. The zero-order chi connectivity index (χ0) is 16.3. The van der Waals surface area contributed by atoms with E-state index in [-0.39, 0.29) is 36.0 Å². The van der Waals surface area contributed by atoms with Crippen LogP contribution in [0.2, 0.25) is 0 Å². The van der Waals surface area contributed by atoms with Crippen molar-refractivity contribution < 1.29 is 24.5 Å². The number of aromatic hydroxyl groups is 1. The van der Waals surface area contributed by atoms with E-state index in [0.717, 1.165) is 0 Å². The minimum atomic E-state index is -0.985. The Labute approximate surface area is 131 Å². The van der Waals surface area contributed by atoms with Gasteiger partial charge in [0.15, 0.2) is 17.3 Å². The number of Topliss-reactive ketones (excluding diaryl/α,β-unsaturated/α-hetero) is 1. The van der Waals surface area contributed by atoms with Crippen LogP contribution in [0.1, 0.15) is 26.0 Å². The minimum absolute atomic E-state index is 0.0525. The molecule has 0 aromatic carbocycles. The monoisotopic (exact) mass is 324 g/mol. The molecule has 0 unspecified atom stereocenters. The van der Waals surface area contributed by atoms with Gasteiger partial charge in [-0.05, 0) is 13.8 Å². The number of nitrogens with zero attached hydrogens (tertiary/aromatic N) is 2.